The predicted molar refractivity (Wildman–Crippen MR) is 91.5 cm³/mol. The second-order valence-electron chi connectivity index (χ2n) is 5.41. The molecule has 0 radical (unpaired) electrons. The van der Waals surface area contributed by atoms with Crippen LogP contribution in [0.5, 0.6) is 0 Å². The Hall–Kier alpha value is -2.32. The maximum absolute atomic E-state index is 13.0. The summed E-state index contributed by atoms with van der Waals surface area (Å²) >= 11 is 0. The first-order valence-corrected chi connectivity index (χ1v) is 9.27. The van der Waals surface area contributed by atoms with E-state index in [0.717, 1.165) is 17.7 Å². The van der Waals surface area contributed by atoms with Crippen molar-refractivity contribution in [1.29, 1.82) is 0 Å². The molecule has 0 spiro atoms. The van der Waals surface area contributed by atoms with Gasteiger partial charge in [-0.25, -0.2) is 21.9 Å². The molecule has 8 heteroatoms. The van der Waals surface area contributed by atoms with E-state index in [1.165, 1.54) is 6.07 Å². The fourth-order valence-electron chi connectivity index (χ4n) is 2.14. The van der Waals surface area contributed by atoms with Gasteiger partial charge in [0.05, 0.1) is 12.3 Å². The fourth-order valence-corrected chi connectivity index (χ4v) is 3.16. The number of carbonyl (C=O) groups is 1. The van der Waals surface area contributed by atoms with E-state index in [1.807, 2.05) is 30.3 Å². The van der Waals surface area contributed by atoms with Crippen molar-refractivity contribution in [3.8, 4) is 0 Å². The average molecular weight is 368 g/mol. The second-order valence-corrected chi connectivity index (χ2v) is 7.33. The largest absolute Gasteiger partial charge is 0.325 e. The van der Waals surface area contributed by atoms with E-state index in [1.54, 1.807) is 0 Å². The normalized spacial score (nSPS) is 11.3. The Kier molecular flexibility index (Phi) is 6.60. The van der Waals surface area contributed by atoms with Crippen molar-refractivity contribution in [1.82, 2.24) is 4.72 Å². The van der Waals surface area contributed by atoms with Crippen molar-refractivity contribution in [2.75, 3.05) is 17.6 Å². The Morgan fingerprint density at radius 1 is 1.00 bits per heavy atom. The van der Waals surface area contributed by atoms with Crippen molar-refractivity contribution in [2.24, 2.45) is 0 Å². The molecule has 0 aliphatic rings. The van der Waals surface area contributed by atoms with Gasteiger partial charge < -0.3 is 5.32 Å². The zero-order valence-electron chi connectivity index (χ0n) is 13.3. The van der Waals surface area contributed by atoms with Crippen LogP contribution in [-0.2, 0) is 21.2 Å². The number of nitrogens with one attached hydrogen (secondary N) is 2. The molecule has 0 aliphatic carbocycles. The summed E-state index contributed by atoms with van der Waals surface area (Å²) in [5.41, 5.74) is 1.08. The maximum Gasteiger partial charge on any atom is 0.239 e. The number of amides is 1. The van der Waals surface area contributed by atoms with Crippen LogP contribution in [0.25, 0.3) is 0 Å². The summed E-state index contributed by atoms with van der Waals surface area (Å²) in [4.78, 5) is 11.7. The number of benzene rings is 2. The molecule has 0 unspecified atom stereocenters. The van der Waals surface area contributed by atoms with Gasteiger partial charge in [-0.15, -0.1) is 0 Å². The molecule has 134 valence electrons. The zero-order valence-corrected chi connectivity index (χ0v) is 14.2. The molecule has 0 atom stereocenters. The van der Waals surface area contributed by atoms with E-state index < -0.39 is 34.1 Å². The summed E-state index contributed by atoms with van der Waals surface area (Å²) in [5, 5.41) is 2.29. The molecule has 2 N–H and O–H groups in total. The molecular formula is C17H18F2N2O3S. The lowest BCUT2D eigenvalue weighted by Gasteiger charge is -2.08. The molecule has 0 saturated heterocycles. The second kappa shape index (κ2) is 8.68. The molecule has 0 aromatic heterocycles. The minimum atomic E-state index is -3.60. The minimum Gasteiger partial charge on any atom is -0.325 e. The van der Waals surface area contributed by atoms with E-state index in [2.05, 4.69) is 10.0 Å². The lowest BCUT2D eigenvalue weighted by molar-refractivity contribution is -0.115. The van der Waals surface area contributed by atoms with Gasteiger partial charge in [-0.1, -0.05) is 30.3 Å². The monoisotopic (exact) mass is 368 g/mol. The van der Waals surface area contributed by atoms with Crippen LogP contribution < -0.4 is 10.0 Å². The minimum absolute atomic E-state index is 0.0483. The highest BCUT2D eigenvalue weighted by atomic mass is 32.2. The quantitative estimate of drug-likeness (QED) is 0.752. The van der Waals surface area contributed by atoms with E-state index in [-0.39, 0.29) is 11.4 Å². The summed E-state index contributed by atoms with van der Waals surface area (Å²) < 4.78 is 51.8. The number of halogens is 2. The predicted octanol–water partition coefficient (Wildman–Crippen LogP) is 2.46. The van der Waals surface area contributed by atoms with Crippen LogP contribution in [0, 0.1) is 11.6 Å². The van der Waals surface area contributed by atoms with Crippen LogP contribution in [0.2, 0.25) is 0 Å². The van der Waals surface area contributed by atoms with Gasteiger partial charge in [0.25, 0.3) is 0 Å². The van der Waals surface area contributed by atoms with Gasteiger partial charge in [0.1, 0.15) is 0 Å². The van der Waals surface area contributed by atoms with Crippen LogP contribution in [0.15, 0.2) is 48.5 Å². The number of carbonyl (C=O) groups excluding carboxylic acids is 1. The third-order valence-corrected chi connectivity index (χ3v) is 4.79. The van der Waals surface area contributed by atoms with Crippen molar-refractivity contribution in [3.63, 3.8) is 0 Å². The molecule has 0 fully saturated rings. The topological polar surface area (TPSA) is 75.3 Å². The smallest absolute Gasteiger partial charge is 0.239 e. The highest BCUT2D eigenvalue weighted by Gasteiger charge is 2.13. The first-order chi connectivity index (χ1) is 11.9. The molecule has 0 saturated carbocycles. The summed E-state index contributed by atoms with van der Waals surface area (Å²) in [6.07, 6.45) is 1.03. The molecular weight excluding hydrogens is 350 g/mol. The Morgan fingerprint density at radius 2 is 1.72 bits per heavy atom. The third-order valence-electron chi connectivity index (χ3n) is 3.38. The molecule has 2 rings (SSSR count). The van der Waals surface area contributed by atoms with Crippen LogP contribution in [0.3, 0.4) is 0 Å². The van der Waals surface area contributed by atoms with Crippen LogP contribution in [-0.4, -0.2) is 26.6 Å². The molecule has 2 aromatic carbocycles. The van der Waals surface area contributed by atoms with Crippen LogP contribution >= 0.6 is 0 Å². The highest BCUT2D eigenvalue weighted by molar-refractivity contribution is 7.89. The Labute approximate surface area is 145 Å². The van der Waals surface area contributed by atoms with E-state index >= 15 is 0 Å². The number of hydrogen-bond donors (Lipinski definition) is 2. The number of rotatable bonds is 8. The van der Waals surface area contributed by atoms with Crippen molar-refractivity contribution in [3.05, 3.63) is 65.7 Å². The molecule has 5 nitrogen and oxygen atoms in total. The average Bonchev–Trinajstić information content (AvgIpc) is 2.57. The van der Waals surface area contributed by atoms with Crippen molar-refractivity contribution in [2.45, 2.75) is 12.8 Å². The van der Waals surface area contributed by atoms with Gasteiger partial charge in [0, 0.05) is 11.8 Å². The fraction of sp³-hybridized carbons (Fsp3) is 0.235. The SMILES string of the molecule is O=C(CNS(=O)(=O)CCCc1ccccc1)Nc1ccc(F)c(F)c1. The van der Waals surface area contributed by atoms with Crippen LogP contribution in [0.1, 0.15) is 12.0 Å². The first kappa shape index (κ1) is 19.0. The molecule has 0 bridgehead atoms. The number of anilines is 1. The van der Waals surface area contributed by atoms with Gasteiger partial charge in [0.15, 0.2) is 11.6 Å². The summed E-state index contributed by atoms with van der Waals surface area (Å²) in [5.74, 6) is -2.91. The maximum atomic E-state index is 13.0. The Morgan fingerprint density at radius 3 is 2.40 bits per heavy atom. The van der Waals surface area contributed by atoms with Gasteiger partial charge in [-0.05, 0) is 30.5 Å². The van der Waals surface area contributed by atoms with Gasteiger partial charge in [-0.2, -0.15) is 0 Å². The van der Waals surface area contributed by atoms with E-state index in [4.69, 9.17) is 0 Å². The molecule has 2 aromatic rings. The number of sulfonamides is 1. The molecule has 0 heterocycles. The van der Waals surface area contributed by atoms with Gasteiger partial charge in [-0.3, -0.25) is 4.79 Å². The first-order valence-electron chi connectivity index (χ1n) is 7.62. The van der Waals surface area contributed by atoms with Crippen LogP contribution in [0.4, 0.5) is 14.5 Å². The summed E-state index contributed by atoms with van der Waals surface area (Å²) in [6.45, 7) is -0.479. The lowest BCUT2D eigenvalue weighted by atomic mass is 10.1. The third kappa shape index (κ3) is 6.60. The summed E-state index contributed by atoms with van der Waals surface area (Å²) in [6, 6.07) is 12.3. The number of aryl methyl sites for hydroxylation is 1. The van der Waals surface area contributed by atoms with Gasteiger partial charge >= 0.3 is 0 Å². The Balaban J connectivity index is 1.76. The van der Waals surface area contributed by atoms with Crippen molar-refractivity contribution < 1.29 is 22.0 Å². The molecule has 1 amide bonds. The molecule has 0 aliphatic heterocycles. The zero-order chi connectivity index (χ0) is 18.3. The summed E-state index contributed by atoms with van der Waals surface area (Å²) in [7, 11) is -3.60. The lowest BCUT2D eigenvalue weighted by Crippen LogP contribution is -2.34. The Bertz CT molecular complexity index is 827. The van der Waals surface area contributed by atoms with E-state index in [9.17, 15) is 22.0 Å². The van der Waals surface area contributed by atoms with Gasteiger partial charge in [0.2, 0.25) is 15.9 Å². The number of hydrogen-bond acceptors (Lipinski definition) is 3. The van der Waals surface area contributed by atoms with E-state index in [0.29, 0.717) is 12.8 Å². The molecule has 25 heavy (non-hydrogen) atoms. The highest BCUT2D eigenvalue weighted by Crippen LogP contribution is 2.12. The van der Waals surface area contributed by atoms with Crippen molar-refractivity contribution >= 4 is 21.6 Å². The standard InChI is InChI=1S/C17H18F2N2O3S/c18-15-9-8-14(11-16(15)19)21-17(22)12-20-25(23,24)10-4-7-13-5-2-1-3-6-13/h1-3,5-6,8-9,11,20H,4,7,10,12H2,(H,21,22).